The summed E-state index contributed by atoms with van der Waals surface area (Å²) >= 11 is 1.81. The first-order valence-electron chi connectivity index (χ1n) is 6.49. The van der Waals surface area contributed by atoms with E-state index in [2.05, 4.69) is 52.8 Å². The average molecular weight is 276 g/mol. The van der Waals surface area contributed by atoms with Crippen molar-refractivity contribution in [3.63, 3.8) is 0 Å². The largest absolute Gasteiger partial charge is 0.353 e. The summed E-state index contributed by atoms with van der Waals surface area (Å²) in [4.78, 5) is 6.63. The summed E-state index contributed by atoms with van der Waals surface area (Å²) in [6.07, 6.45) is 3.66. The van der Waals surface area contributed by atoms with Gasteiger partial charge in [-0.3, -0.25) is 4.98 Å². The van der Waals surface area contributed by atoms with E-state index in [9.17, 15) is 0 Å². The van der Waals surface area contributed by atoms with Crippen LogP contribution in [0.5, 0.6) is 0 Å². The van der Waals surface area contributed by atoms with E-state index in [1.54, 1.807) is 0 Å². The fourth-order valence-electron chi connectivity index (χ4n) is 2.43. The molecule has 0 atom stereocenters. The highest BCUT2D eigenvalue weighted by atomic mass is 32.2. The number of anilines is 2. The highest BCUT2D eigenvalue weighted by Crippen LogP contribution is 2.47. The van der Waals surface area contributed by atoms with Gasteiger partial charge < -0.3 is 5.32 Å². The second-order valence-corrected chi connectivity index (χ2v) is 5.72. The molecule has 2 heterocycles. The summed E-state index contributed by atoms with van der Waals surface area (Å²) in [6, 6.07) is 18.9. The number of nitrogens with zero attached hydrogens (tertiary/aromatic N) is 1. The van der Waals surface area contributed by atoms with Crippen LogP contribution in [0.1, 0.15) is 0 Å². The van der Waals surface area contributed by atoms with Gasteiger partial charge in [0, 0.05) is 27.7 Å². The van der Waals surface area contributed by atoms with Crippen LogP contribution in [0.2, 0.25) is 0 Å². The molecule has 96 valence electrons. The monoisotopic (exact) mass is 276 g/mol. The van der Waals surface area contributed by atoms with Gasteiger partial charge in [0.1, 0.15) is 0 Å². The van der Waals surface area contributed by atoms with Crippen LogP contribution < -0.4 is 5.32 Å². The maximum absolute atomic E-state index is 4.09. The van der Waals surface area contributed by atoms with E-state index < -0.39 is 0 Å². The molecule has 0 spiro atoms. The second-order valence-electron chi connectivity index (χ2n) is 4.64. The Hall–Kier alpha value is -2.26. The van der Waals surface area contributed by atoms with Gasteiger partial charge in [-0.15, -0.1) is 0 Å². The molecule has 0 unspecified atom stereocenters. The zero-order valence-corrected chi connectivity index (χ0v) is 11.5. The minimum atomic E-state index is 1.17. The summed E-state index contributed by atoms with van der Waals surface area (Å²) < 4.78 is 0. The van der Waals surface area contributed by atoms with Crippen molar-refractivity contribution in [2.24, 2.45) is 0 Å². The molecule has 3 heteroatoms. The van der Waals surface area contributed by atoms with Gasteiger partial charge >= 0.3 is 0 Å². The lowest BCUT2D eigenvalue weighted by Crippen LogP contribution is -2.01. The van der Waals surface area contributed by atoms with Gasteiger partial charge in [-0.05, 0) is 35.9 Å². The van der Waals surface area contributed by atoms with Gasteiger partial charge in [0.25, 0.3) is 0 Å². The van der Waals surface area contributed by atoms with E-state index in [0.717, 1.165) is 0 Å². The van der Waals surface area contributed by atoms with Crippen molar-refractivity contribution >= 4 is 23.1 Å². The Morgan fingerprint density at radius 1 is 0.800 bits per heavy atom. The van der Waals surface area contributed by atoms with Crippen LogP contribution in [0, 0.1) is 0 Å². The van der Waals surface area contributed by atoms with E-state index in [-0.39, 0.29) is 0 Å². The topological polar surface area (TPSA) is 24.9 Å². The molecule has 20 heavy (non-hydrogen) atoms. The van der Waals surface area contributed by atoms with Crippen molar-refractivity contribution in [2.75, 3.05) is 5.32 Å². The van der Waals surface area contributed by atoms with Crippen LogP contribution >= 0.6 is 11.8 Å². The SMILES string of the molecule is c1ccc2c(c1)Nc1c(cccc1-c1ccncc1)S2. The Labute approximate surface area is 121 Å². The summed E-state index contributed by atoms with van der Waals surface area (Å²) in [7, 11) is 0. The van der Waals surface area contributed by atoms with Crippen LogP contribution in [0.25, 0.3) is 11.1 Å². The highest BCUT2D eigenvalue weighted by molar-refractivity contribution is 7.99. The van der Waals surface area contributed by atoms with E-state index in [0.29, 0.717) is 0 Å². The smallest absolute Gasteiger partial charge is 0.0606 e. The van der Waals surface area contributed by atoms with E-state index >= 15 is 0 Å². The molecule has 0 bridgehead atoms. The van der Waals surface area contributed by atoms with E-state index in [1.165, 1.54) is 32.3 Å². The van der Waals surface area contributed by atoms with Crippen LogP contribution in [-0.4, -0.2) is 4.98 Å². The minimum Gasteiger partial charge on any atom is -0.353 e. The number of pyridine rings is 1. The summed E-state index contributed by atoms with van der Waals surface area (Å²) in [5.74, 6) is 0. The molecule has 1 aliphatic heterocycles. The first-order valence-corrected chi connectivity index (χ1v) is 7.31. The Morgan fingerprint density at radius 3 is 2.50 bits per heavy atom. The van der Waals surface area contributed by atoms with Gasteiger partial charge in [0.05, 0.1) is 11.4 Å². The third kappa shape index (κ3) is 1.87. The molecule has 2 aromatic carbocycles. The number of fused-ring (bicyclic) bond motifs is 2. The predicted octanol–water partition coefficient (Wildman–Crippen LogP) is 4.96. The third-order valence-electron chi connectivity index (χ3n) is 3.38. The van der Waals surface area contributed by atoms with Crippen molar-refractivity contribution in [3.8, 4) is 11.1 Å². The van der Waals surface area contributed by atoms with E-state index in [1.807, 2.05) is 36.3 Å². The van der Waals surface area contributed by atoms with Crippen molar-refractivity contribution in [3.05, 3.63) is 67.0 Å². The molecular formula is C17H12N2S. The van der Waals surface area contributed by atoms with Gasteiger partial charge in [-0.25, -0.2) is 0 Å². The molecule has 1 aliphatic rings. The predicted molar refractivity (Wildman–Crippen MR) is 83.5 cm³/mol. The Morgan fingerprint density at radius 2 is 1.60 bits per heavy atom. The Balaban J connectivity index is 1.87. The standard InChI is InChI=1S/C17H12N2S/c1-2-6-15-14(5-1)19-17-13(4-3-7-16(17)20-15)12-8-10-18-11-9-12/h1-11,19H. The molecule has 0 radical (unpaired) electrons. The molecular weight excluding hydrogens is 264 g/mol. The molecule has 1 N–H and O–H groups in total. The molecule has 3 aromatic rings. The second kappa shape index (κ2) is 4.69. The fourth-order valence-corrected chi connectivity index (χ4v) is 3.45. The van der Waals surface area contributed by atoms with Crippen LogP contribution in [0.3, 0.4) is 0 Å². The van der Waals surface area contributed by atoms with E-state index in [4.69, 9.17) is 0 Å². The van der Waals surface area contributed by atoms with Crippen molar-refractivity contribution in [1.29, 1.82) is 0 Å². The first-order chi connectivity index (χ1) is 9.92. The van der Waals surface area contributed by atoms with Gasteiger partial charge in [0.15, 0.2) is 0 Å². The van der Waals surface area contributed by atoms with Crippen molar-refractivity contribution < 1.29 is 0 Å². The normalized spacial score (nSPS) is 12.2. The van der Waals surface area contributed by atoms with Crippen LogP contribution in [0.4, 0.5) is 11.4 Å². The summed E-state index contributed by atoms with van der Waals surface area (Å²) in [6.45, 7) is 0. The van der Waals surface area contributed by atoms with Gasteiger partial charge in [0.2, 0.25) is 0 Å². The molecule has 0 saturated carbocycles. The maximum atomic E-state index is 4.09. The number of nitrogens with one attached hydrogen (secondary N) is 1. The van der Waals surface area contributed by atoms with Crippen molar-refractivity contribution in [2.45, 2.75) is 9.79 Å². The lowest BCUT2D eigenvalue weighted by Gasteiger charge is -2.23. The first kappa shape index (κ1) is 11.6. The average Bonchev–Trinajstić information content (AvgIpc) is 2.53. The maximum Gasteiger partial charge on any atom is 0.0606 e. The third-order valence-corrected chi connectivity index (χ3v) is 4.52. The van der Waals surface area contributed by atoms with Crippen LogP contribution in [0.15, 0.2) is 76.8 Å². The number of benzene rings is 2. The summed E-state index contributed by atoms with van der Waals surface area (Å²) in [5.41, 5.74) is 4.75. The summed E-state index contributed by atoms with van der Waals surface area (Å²) in [5, 5.41) is 3.57. The number of aromatic nitrogens is 1. The molecule has 2 nitrogen and oxygen atoms in total. The Bertz CT molecular complexity index is 769. The zero-order valence-electron chi connectivity index (χ0n) is 10.7. The molecule has 0 saturated heterocycles. The highest BCUT2D eigenvalue weighted by Gasteiger charge is 2.18. The Kier molecular flexibility index (Phi) is 2.71. The van der Waals surface area contributed by atoms with Gasteiger partial charge in [-0.1, -0.05) is 36.0 Å². The number of hydrogen-bond acceptors (Lipinski definition) is 3. The quantitative estimate of drug-likeness (QED) is 0.532. The minimum absolute atomic E-state index is 1.17. The van der Waals surface area contributed by atoms with Crippen LogP contribution in [-0.2, 0) is 0 Å². The molecule has 4 rings (SSSR count). The molecule has 0 fully saturated rings. The van der Waals surface area contributed by atoms with Crippen molar-refractivity contribution in [1.82, 2.24) is 4.98 Å². The fraction of sp³-hybridized carbons (Fsp3) is 0. The number of rotatable bonds is 1. The molecule has 1 aromatic heterocycles. The zero-order chi connectivity index (χ0) is 13.4. The lowest BCUT2D eigenvalue weighted by atomic mass is 10.0. The number of hydrogen-bond donors (Lipinski definition) is 1. The molecule has 0 aliphatic carbocycles. The lowest BCUT2D eigenvalue weighted by molar-refractivity contribution is 1.30. The molecule has 0 amide bonds. The number of para-hydroxylation sites is 2. The van der Waals surface area contributed by atoms with Gasteiger partial charge in [-0.2, -0.15) is 0 Å².